The third-order valence-electron chi connectivity index (χ3n) is 4.18. The Bertz CT molecular complexity index is 532. The topological polar surface area (TPSA) is 55.8 Å². The highest BCUT2D eigenvalue weighted by molar-refractivity contribution is 5.88. The first kappa shape index (κ1) is 13.9. The van der Waals surface area contributed by atoms with Crippen molar-refractivity contribution < 1.29 is 19.1 Å². The molecule has 2 aliphatic rings. The molecule has 2 atom stereocenters. The van der Waals surface area contributed by atoms with Gasteiger partial charge in [0, 0.05) is 13.0 Å². The highest BCUT2D eigenvalue weighted by Crippen LogP contribution is 2.30. The van der Waals surface area contributed by atoms with Gasteiger partial charge in [0.15, 0.2) is 6.10 Å². The molecule has 1 fully saturated rings. The normalized spacial score (nSPS) is 24.1. The Morgan fingerprint density at radius 1 is 1.29 bits per heavy atom. The predicted octanol–water partition coefficient (Wildman–Crippen LogP) is 1.54. The summed E-state index contributed by atoms with van der Waals surface area (Å²) in [4.78, 5) is 26.2. The summed E-state index contributed by atoms with van der Waals surface area (Å²) in [5.41, 5.74) is 1.04. The van der Waals surface area contributed by atoms with Gasteiger partial charge in [-0.05, 0) is 30.9 Å². The van der Waals surface area contributed by atoms with Crippen LogP contribution in [0.3, 0.4) is 0 Å². The van der Waals surface area contributed by atoms with Crippen LogP contribution in [0.5, 0.6) is 5.75 Å². The number of benzene rings is 1. The SMILES string of the molecule is COC(=O)C1CCCCN1C(=O)C1Cc2ccccc2O1. The number of hydrogen-bond donors (Lipinski definition) is 0. The van der Waals surface area contributed by atoms with Crippen LogP contribution >= 0.6 is 0 Å². The van der Waals surface area contributed by atoms with Crippen molar-refractivity contribution in [3.05, 3.63) is 29.8 Å². The molecule has 1 aromatic carbocycles. The van der Waals surface area contributed by atoms with Crippen molar-refractivity contribution in [2.45, 2.75) is 37.8 Å². The predicted molar refractivity (Wildman–Crippen MR) is 75.9 cm³/mol. The van der Waals surface area contributed by atoms with E-state index in [0.717, 1.165) is 24.2 Å². The molecule has 2 unspecified atom stereocenters. The Kier molecular flexibility index (Phi) is 3.82. The van der Waals surface area contributed by atoms with Gasteiger partial charge in [0.25, 0.3) is 5.91 Å². The zero-order chi connectivity index (χ0) is 14.8. The summed E-state index contributed by atoms with van der Waals surface area (Å²) < 4.78 is 10.6. The number of likely N-dealkylation sites (tertiary alicyclic amines) is 1. The second-order valence-electron chi connectivity index (χ2n) is 5.48. The number of amides is 1. The smallest absolute Gasteiger partial charge is 0.328 e. The van der Waals surface area contributed by atoms with E-state index in [9.17, 15) is 9.59 Å². The largest absolute Gasteiger partial charge is 0.480 e. The molecule has 112 valence electrons. The summed E-state index contributed by atoms with van der Waals surface area (Å²) >= 11 is 0. The molecule has 0 bridgehead atoms. The lowest BCUT2D eigenvalue weighted by molar-refractivity contribution is -0.157. The van der Waals surface area contributed by atoms with Gasteiger partial charge in [-0.25, -0.2) is 4.79 Å². The lowest BCUT2D eigenvalue weighted by atomic mass is 10.0. The molecule has 0 aromatic heterocycles. The molecular formula is C16H19NO4. The molecule has 0 spiro atoms. The van der Waals surface area contributed by atoms with Crippen LogP contribution in [-0.4, -0.2) is 42.6 Å². The van der Waals surface area contributed by atoms with Crippen molar-refractivity contribution in [3.63, 3.8) is 0 Å². The van der Waals surface area contributed by atoms with Gasteiger partial charge in [0.1, 0.15) is 11.8 Å². The van der Waals surface area contributed by atoms with E-state index in [1.165, 1.54) is 7.11 Å². The van der Waals surface area contributed by atoms with E-state index in [-0.39, 0.29) is 11.9 Å². The van der Waals surface area contributed by atoms with E-state index in [1.54, 1.807) is 4.90 Å². The number of esters is 1. The number of piperidine rings is 1. The number of para-hydroxylation sites is 1. The fraction of sp³-hybridized carbons (Fsp3) is 0.500. The molecule has 21 heavy (non-hydrogen) atoms. The fourth-order valence-corrected chi connectivity index (χ4v) is 3.08. The first-order chi connectivity index (χ1) is 10.2. The highest BCUT2D eigenvalue weighted by atomic mass is 16.5. The minimum atomic E-state index is -0.521. The Hall–Kier alpha value is -2.04. The first-order valence-corrected chi connectivity index (χ1v) is 7.33. The molecule has 1 saturated heterocycles. The molecule has 0 N–H and O–H groups in total. The molecule has 1 amide bonds. The average molecular weight is 289 g/mol. The summed E-state index contributed by atoms with van der Waals surface area (Å²) in [6.07, 6.45) is 2.57. The average Bonchev–Trinajstić information content (AvgIpc) is 2.97. The highest BCUT2D eigenvalue weighted by Gasteiger charge is 2.39. The number of methoxy groups -OCH3 is 1. The quantitative estimate of drug-likeness (QED) is 0.775. The maximum Gasteiger partial charge on any atom is 0.328 e. The molecule has 2 aliphatic heterocycles. The third kappa shape index (κ3) is 2.60. The van der Waals surface area contributed by atoms with Gasteiger partial charge in [-0.3, -0.25) is 4.79 Å². The zero-order valence-corrected chi connectivity index (χ0v) is 12.1. The van der Waals surface area contributed by atoms with E-state index < -0.39 is 12.1 Å². The first-order valence-electron chi connectivity index (χ1n) is 7.33. The number of hydrogen-bond acceptors (Lipinski definition) is 4. The van der Waals surface area contributed by atoms with Crippen LogP contribution in [0.15, 0.2) is 24.3 Å². The number of rotatable bonds is 2. The molecule has 0 saturated carbocycles. The molecule has 3 rings (SSSR count). The summed E-state index contributed by atoms with van der Waals surface area (Å²) in [6, 6.07) is 7.20. The molecule has 5 nitrogen and oxygen atoms in total. The minimum Gasteiger partial charge on any atom is -0.480 e. The van der Waals surface area contributed by atoms with E-state index >= 15 is 0 Å². The second-order valence-corrected chi connectivity index (χ2v) is 5.48. The van der Waals surface area contributed by atoms with Crippen LogP contribution in [0.1, 0.15) is 24.8 Å². The number of carbonyl (C=O) groups excluding carboxylic acids is 2. The van der Waals surface area contributed by atoms with Crippen molar-refractivity contribution in [2.75, 3.05) is 13.7 Å². The Morgan fingerprint density at radius 2 is 2.10 bits per heavy atom. The minimum absolute atomic E-state index is 0.110. The van der Waals surface area contributed by atoms with Crippen LogP contribution in [0.2, 0.25) is 0 Å². The number of nitrogens with zero attached hydrogens (tertiary/aromatic N) is 1. The van der Waals surface area contributed by atoms with Crippen molar-refractivity contribution in [1.82, 2.24) is 4.90 Å². The maximum atomic E-state index is 12.7. The van der Waals surface area contributed by atoms with Crippen LogP contribution in [0.25, 0.3) is 0 Å². The Morgan fingerprint density at radius 3 is 2.86 bits per heavy atom. The van der Waals surface area contributed by atoms with Crippen molar-refractivity contribution in [3.8, 4) is 5.75 Å². The summed E-state index contributed by atoms with van der Waals surface area (Å²) in [5.74, 6) is 0.322. The van der Waals surface area contributed by atoms with Crippen molar-refractivity contribution >= 4 is 11.9 Å². The van der Waals surface area contributed by atoms with Crippen LogP contribution in [0.4, 0.5) is 0 Å². The van der Waals surface area contributed by atoms with Gasteiger partial charge in [0.05, 0.1) is 7.11 Å². The maximum absolute atomic E-state index is 12.7. The van der Waals surface area contributed by atoms with E-state index in [1.807, 2.05) is 24.3 Å². The number of carbonyl (C=O) groups is 2. The Labute approximate surface area is 123 Å². The van der Waals surface area contributed by atoms with E-state index in [0.29, 0.717) is 19.4 Å². The van der Waals surface area contributed by atoms with Crippen LogP contribution in [-0.2, 0) is 20.7 Å². The lowest BCUT2D eigenvalue weighted by Crippen LogP contribution is -2.52. The zero-order valence-electron chi connectivity index (χ0n) is 12.1. The molecule has 0 aliphatic carbocycles. The van der Waals surface area contributed by atoms with Crippen molar-refractivity contribution in [2.24, 2.45) is 0 Å². The summed E-state index contributed by atoms with van der Waals surface area (Å²) in [6.45, 7) is 0.592. The van der Waals surface area contributed by atoms with E-state index in [2.05, 4.69) is 0 Å². The lowest BCUT2D eigenvalue weighted by Gasteiger charge is -2.35. The molecule has 2 heterocycles. The summed E-state index contributed by atoms with van der Waals surface area (Å²) in [7, 11) is 1.36. The van der Waals surface area contributed by atoms with Crippen molar-refractivity contribution in [1.29, 1.82) is 0 Å². The summed E-state index contributed by atoms with van der Waals surface area (Å²) in [5, 5.41) is 0. The number of fused-ring (bicyclic) bond motifs is 1. The standard InChI is InChI=1S/C16H19NO4/c1-20-16(19)12-7-4-5-9-17(12)15(18)14-10-11-6-2-3-8-13(11)21-14/h2-3,6,8,12,14H,4-5,7,9-10H2,1H3. The molecule has 0 radical (unpaired) electrons. The molecular weight excluding hydrogens is 270 g/mol. The van der Waals surface area contributed by atoms with Gasteiger partial charge in [-0.15, -0.1) is 0 Å². The molecule has 5 heteroatoms. The Balaban J connectivity index is 1.74. The van der Waals surface area contributed by atoms with Crippen LogP contribution < -0.4 is 4.74 Å². The molecule has 1 aromatic rings. The third-order valence-corrected chi connectivity index (χ3v) is 4.18. The number of ether oxygens (including phenoxy) is 2. The van der Waals surface area contributed by atoms with Gasteiger partial charge < -0.3 is 14.4 Å². The van der Waals surface area contributed by atoms with Gasteiger partial charge in [-0.1, -0.05) is 18.2 Å². The van der Waals surface area contributed by atoms with Gasteiger partial charge in [0.2, 0.25) is 0 Å². The second kappa shape index (κ2) is 5.76. The monoisotopic (exact) mass is 289 g/mol. The van der Waals surface area contributed by atoms with Gasteiger partial charge in [-0.2, -0.15) is 0 Å². The fourth-order valence-electron chi connectivity index (χ4n) is 3.08. The van der Waals surface area contributed by atoms with E-state index in [4.69, 9.17) is 9.47 Å². The van der Waals surface area contributed by atoms with Gasteiger partial charge >= 0.3 is 5.97 Å². The van der Waals surface area contributed by atoms with Crippen LogP contribution in [0, 0.1) is 0 Å².